The van der Waals surface area contributed by atoms with Crippen LogP contribution in [-0.4, -0.2) is 4.98 Å². The van der Waals surface area contributed by atoms with E-state index in [9.17, 15) is 0 Å². The minimum Gasteiger partial charge on any atom is -0.456 e. The summed E-state index contributed by atoms with van der Waals surface area (Å²) in [5.74, 6) is 0.611. The van der Waals surface area contributed by atoms with Gasteiger partial charge in [0.2, 0.25) is 5.89 Å². The Morgan fingerprint density at radius 1 is 0.379 bits per heavy atom. The molecule has 12 rings (SSSR count). The lowest BCUT2D eigenvalue weighted by Crippen LogP contribution is -2.09. The summed E-state index contributed by atoms with van der Waals surface area (Å²) in [5.41, 5.74) is 13.3. The Kier molecular flexibility index (Phi) is 7.16. The van der Waals surface area contributed by atoms with Crippen LogP contribution >= 0.6 is 0 Å². The number of para-hydroxylation sites is 3. The quantitative estimate of drug-likeness (QED) is 0.170. The van der Waals surface area contributed by atoms with Crippen molar-refractivity contribution in [1.82, 2.24) is 4.98 Å². The number of furan rings is 2. The highest BCUT2D eigenvalue weighted by molar-refractivity contribution is 6.22. The molecule has 0 spiro atoms. The highest BCUT2D eigenvalue weighted by Crippen LogP contribution is 2.46. The molecule has 0 saturated heterocycles. The fourth-order valence-corrected chi connectivity index (χ4v) is 8.60. The van der Waals surface area contributed by atoms with Crippen LogP contribution in [0, 0.1) is 0 Å². The zero-order chi connectivity index (χ0) is 38.2. The van der Waals surface area contributed by atoms with Crippen molar-refractivity contribution in [3.8, 4) is 33.7 Å². The number of benzene rings is 9. The molecule has 0 aliphatic heterocycles. The van der Waals surface area contributed by atoms with E-state index in [1.807, 2.05) is 48.5 Å². The predicted molar refractivity (Wildman–Crippen MR) is 237 cm³/mol. The summed E-state index contributed by atoms with van der Waals surface area (Å²) in [6.45, 7) is 0. The number of hydrogen-bond acceptors (Lipinski definition) is 5. The Labute approximate surface area is 332 Å². The lowest BCUT2D eigenvalue weighted by molar-refractivity contribution is 0.620. The second-order valence-electron chi connectivity index (χ2n) is 14.7. The molecule has 0 aliphatic rings. The predicted octanol–water partition coefficient (Wildman–Crippen LogP) is 15.3. The van der Waals surface area contributed by atoms with Gasteiger partial charge in [0.1, 0.15) is 27.8 Å². The van der Waals surface area contributed by atoms with Gasteiger partial charge in [-0.25, -0.2) is 4.98 Å². The largest absolute Gasteiger partial charge is 0.456 e. The summed E-state index contributed by atoms with van der Waals surface area (Å²) >= 11 is 0. The van der Waals surface area contributed by atoms with Gasteiger partial charge in [-0.3, -0.25) is 0 Å². The van der Waals surface area contributed by atoms with Crippen LogP contribution in [0.2, 0.25) is 0 Å². The summed E-state index contributed by atoms with van der Waals surface area (Å²) in [5, 5.41) is 6.62. The number of aromatic nitrogens is 1. The maximum Gasteiger partial charge on any atom is 0.227 e. The summed E-state index contributed by atoms with van der Waals surface area (Å²) in [6, 6.07) is 67.3. The molecule has 0 fully saturated rings. The molecule has 0 atom stereocenters. The van der Waals surface area contributed by atoms with Gasteiger partial charge in [0.05, 0.1) is 0 Å². The van der Waals surface area contributed by atoms with Crippen LogP contribution in [0.3, 0.4) is 0 Å². The molecule has 0 N–H and O–H groups in total. The highest BCUT2D eigenvalue weighted by Gasteiger charge is 2.21. The van der Waals surface area contributed by atoms with Gasteiger partial charge in [0.25, 0.3) is 0 Å². The van der Waals surface area contributed by atoms with Crippen molar-refractivity contribution in [2.75, 3.05) is 4.90 Å². The number of oxazole rings is 1. The second-order valence-corrected chi connectivity index (χ2v) is 14.7. The van der Waals surface area contributed by atoms with E-state index in [4.69, 9.17) is 18.2 Å². The van der Waals surface area contributed by atoms with Crippen LogP contribution < -0.4 is 4.90 Å². The number of anilines is 3. The van der Waals surface area contributed by atoms with Crippen LogP contribution in [0.4, 0.5) is 17.1 Å². The van der Waals surface area contributed by atoms with E-state index in [1.165, 1.54) is 0 Å². The monoisotopic (exact) mass is 744 g/mol. The molecule has 58 heavy (non-hydrogen) atoms. The smallest absolute Gasteiger partial charge is 0.227 e. The molecule has 3 heterocycles. The molecule has 3 aromatic heterocycles. The van der Waals surface area contributed by atoms with E-state index in [-0.39, 0.29) is 0 Å². The van der Waals surface area contributed by atoms with Gasteiger partial charge in [-0.15, -0.1) is 0 Å². The third-order valence-electron chi connectivity index (χ3n) is 11.3. The van der Waals surface area contributed by atoms with Crippen LogP contribution in [0.15, 0.2) is 207 Å². The average molecular weight is 745 g/mol. The van der Waals surface area contributed by atoms with Gasteiger partial charge >= 0.3 is 0 Å². The standard InChI is InChI=1S/C53H32N2O3/c1-3-12-34(13-4-1)53-54-45-29-24-36(31-48(45)58-53)50-40-17-8-7-14-35(40)30-49-51(50)44-20-11-19-41(52(44)57-49)33-22-25-38(26-23-33)55(37-15-5-2-6-16-37)39-27-28-43-42-18-9-10-21-46(42)56-47(43)32-39/h1-32H. The number of hydrogen-bond donors (Lipinski definition) is 0. The normalized spacial score (nSPS) is 11.8. The Morgan fingerprint density at radius 3 is 1.93 bits per heavy atom. The van der Waals surface area contributed by atoms with Crippen LogP contribution in [-0.2, 0) is 0 Å². The number of rotatable bonds is 6. The van der Waals surface area contributed by atoms with Crippen LogP contribution in [0.1, 0.15) is 0 Å². The Hall–Kier alpha value is -7.89. The van der Waals surface area contributed by atoms with Crippen LogP contribution in [0.5, 0.6) is 0 Å². The second kappa shape index (κ2) is 12.8. The fourth-order valence-electron chi connectivity index (χ4n) is 8.60. The molecule has 5 nitrogen and oxygen atoms in total. The van der Waals surface area contributed by atoms with Gasteiger partial charge in [-0.2, -0.15) is 0 Å². The molecule has 9 aromatic carbocycles. The number of fused-ring (bicyclic) bond motifs is 8. The highest BCUT2D eigenvalue weighted by atomic mass is 16.3. The Balaban J connectivity index is 0.985. The third-order valence-corrected chi connectivity index (χ3v) is 11.3. The van der Waals surface area contributed by atoms with Crippen molar-refractivity contribution in [1.29, 1.82) is 0 Å². The van der Waals surface area contributed by atoms with Gasteiger partial charge in [0, 0.05) is 61.4 Å². The summed E-state index contributed by atoms with van der Waals surface area (Å²) in [4.78, 5) is 7.07. The molecule has 272 valence electrons. The molecular weight excluding hydrogens is 713 g/mol. The minimum absolute atomic E-state index is 0.611. The maximum absolute atomic E-state index is 6.88. The SMILES string of the molecule is c1ccc(-c2nc3ccc(-c4c5ccccc5cc5oc6c(-c7ccc(N(c8ccccc8)c8ccc9c(c8)oc8ccccc89)cc7)cccc6c45)cc3o2)cc1. The average Bonchev–Trinajstić information content (AvgIpc) is 3.99. The zero-order valence-electron chi connectivity index (χ0n) is 31.1. The minimum atomic E-state index is 0.611. The van der Waals surface area contributed by atoms with Gasteiger partial charge in [0.15, 0.2) is 5.58 Å². The molecule has 5 heteroatoms. The molecule has 0 aliphatic carbocycles. The Bertz CT molecular complexity index is 3510. The van der Waals surface area contributed by atoms with Gasteiger partial charge in [-0.05, 0) is 94.7 Å². The Morgan fingerprint density at radius 2 is 1.07 bits per heavy atom. The molecule has 0 amide bonds. The molecule has 0 unspecified atom stereocenters. The van der Waals surface area contributed by atoms with E-state index in [0.717, 1.165) is 111 Å². The summed E-state index contributed by atoms with van der Waals surface area (Å²) in [7, 11) is 0. The molecule has 0 radical (unpaired) electrons. The van der Waals surface area contributed by atoms with Crippen molar-refractivity contribution in [2.24, 2.45) is 0 Å². The van der Waals surface area contributed by atoms with E-state index in [1.54, 1.807) is 0 Å². The first-order chi connectivity index (χ1) is 28.7. The molecule has 0 saturated carbocycles. The molecular formula is C53H32N2O3. The van der Waals surface area contributed by atoms with Crippen molar-refractivity contribution in [2.45, 2.75) is 0 Å². The van der Waals surface area contributed by atoms with Crippen LogP contribution in [0.25, 0.3) is 99.5 Å². The zero-order valence-corrected chi connectivity index (χ0v) is 31.1. The van der Waals surface area contributed by atoms with E-state index < -0.39 is 0 Å². The third kappa shape index (κ3) is 5.14. The first-order valence-corrected chi connectivity index (χ1v) is 19.4. The summed E-state index contributed by atoms with van der Waals surface area (Å²) < 4.78 is 19.6. The van der Waals surface area contributed by atoms with Crippen molar-refractivity contribution in [3.05, 3.63) is 194 Å². The molecule has 12 aromatic rings. The summed E-state index contributed by atoms with van der Waals surface area (Å²) in [6.07, 6.45) is 0. The van der Waals surface area contributed by atoms with E-state index in [2.05, 4.69) is 150 Å². The lowest BCUT2D eigenvalue weighted by Gasteiger charge is -2.25. The maximum atomic E-state index is 6.88. The van der Waals surface area contributed by atoms with Crippen molar-refractivity contribution >= 4 is 82.8 Å². The van der Waals surface area contributed by atoms with Gasteiger partial charge in [-0.1, -0.05) is 115 Å². The van der Waals surface area contributed by atoms with E-state index >= 15 is 0 Å². The number of nitrogens with zero attached hydrogens (tertiary/aromatic N) is 2. The van der Waals surface area contributed by atoms with Crippen molar-refractivity contribution < 1.29 is 13.3 Å². The van der Waals surface area contributed by atoms with Gasteiger partial charge < -0.3 is 18.2 Å². The lowest BCUT2D eigenvalue weighted by atomic mass is 9.92. The fraction of sp³-hybridized carbons (Fsp3) is 0. The topological polar surface area (TPSA) is 55.6 Å². The van der Waals surface area contributed by atoms with E-state index in [0.29, 0.717) is 5.89 Å². The first kappa shape index (κ1) is 32.4. The first-order valence-electron chi connectivity index (χ1n) is 19.4. The molecule has 0 bridgehead atoms. The van der Waals surface area contributed by atoms with Crippen molar-refractivity contribution in [3.63, 3.8) is 0 Å².